The number of hydrogen-bond donors (Lipinski definition) is 1. The summed E-state index contributed by atoms with van der Waals surface area (Å²) in [6.07, 6.45) is -1.85. The second-order valence-corrected chi connectivity index (χ2v) is 5.70. The van der Waals surface area contributed by atoms with E-state index in [1.165, 1.54) is 51.7 Å². The second-order valence-electron chi connectivity index (χ2n) is 5.70. The molecule has 2 aromatic rings. The minimum atomic E-state index is -4.74. The van der Waals surface area contributed by atoms with Gasteiger partial charge in [-0.25, -0.2) is 0 Å². The van der Waals surface area contributed by atoms with E-state index in [0.29, 0.717) is 28.4 Å². The van der Waals surface area contributed by atoms with E-state index in [9.17, 15) is 18.0 Å². The Kier molecular flexibility index (Phi) is 7.35. The fourth-order valence-electron chi connectivity index (χ4n) is 2.43. The maximum atomic E-state index is 12.1. The molecule has 0 heterocycles. The standard InChI is InChI=1S/C20H20F3NO5/c1-26-16-10-14(11-17(27-2)19(16)28-3)6-9-18(25)24-12-13-4-7-15(8-5-13)29-20(21,22)23/h4-11H,12H2,1-3H3,(H,24,25). The largest absolute Gasteiger partial charge is 0.573 e. The molecule has 156 valence electrons. The van der Waals surface area contributed by atoms with Crippen LogP contribution in [0.1, 0.15) is 11.1 Å². The third-order valence-corrected chi connectivity index (χ3v) is 3.74. The highest BCUT2D eigenvalue weighted by Crippen LogP contribution is 2.38. The lowest BCUT2D eigenvalue weighted by atomic mass is 10.1. The molecule has 0 radical (unpaired) electrons. The first-order valence-electron chi connectivity index (χ1n) is 8.36. The second kappa shape index (κ2) is 9.72. The lowest BCUT2D eigenvalue weighted by Crippen LogP contribution is -2.20. The molecule has 29 heavy (non-hydrogen) atoms. The van der Waals surface area contributed by atoms with E-state index in [0.717, 1.165) is 0 Å². The van der Waals surface area contributed by atoms with E-state index in [-0.39, 0.29) is 18.2 Å². The van der Waals surface area contributed by atoms with E-state index in [1.807, 2.05) is 0 Å². The number of nitrogens with one attached hydrogen (secondary N) is 1. The fraction of sp³-hybridized carbons (Fsp3) is 0.250. The number of methoxy groups -OCH3 is 3. The van der Waals surface area contributed by atoms with Gasteiger partial charge in [0.1, 0.15) is 5.75 Å². The van der Waals surface area contributed by atoms with E-state index < -0.39 is 6.36 Å². The Morgan fingerprint density at radius 3 is 2.07 bits per heavy atom. The maximum absolute atomic E-state index is 12.1. The number of hydrogen-bond acceptors (Lipinski definition) is 5. The summed E-state index contributed by atoms with van der Waals surface area (Å²) in [5.74, 6) is 0.639. The summed E-state index contributed by atoms with van der Waals surface area (Å²) in [6.45, 7) is 0.144. The average molecular weight is 411 g/mol. The monoisotopic (exact) mass is 411 g/mol. The van der Waals surface area contributed by atoms with E-state index >= 15 is 0 Å². The Bertz CT molecular complexity index is 838. The summed E-state index contributed by atoms with van der Waals surface area (Å²) in [5.41, 5.74) is 1.28. The van der Waals surface area contributed by atoms with Gasteiger partial charge >= 0.3 is 6.36 Å². The molecule has 0 aliphatic heterocycles. The zero-order valence-corrected chi connectivity index (χ0v) is 16.0. The molecule has 1 N–H and O–H groups in total. The van der Waals surface area contributed by atoms with Crippen molar-refractivity contribution in [3.8, 4) is 23.0 Å². The van der Waals surface area contributed by atoms with Crippen LogP contribution >= 0.6 is 0 Å². The lowest BCUT2D eigenvalue weighted by Gasteiger charge is -2.12. The van der Waals surface area contributed by atoms with Crippen LogP contribution in [-0.4, -0.2) is 33.6 Å². The number of rotatable bonds is 8. The Labute approximate surface area is 165 Å². The molecule has 6 nitrogen and oxygen atoms in total. The lowest BCUT2D eigenvalue weighted by molar-refractivity contribution is -0.274. The minimum absolute atomic E-state index is 0.144. The first kappa shape index (κ1) is 21.9. The van der Waals surface area contributed by atoms with Gasteiger partial charge in [0.05, 0.1) is 21.3 Å². The van der Waals surface area contributed by atoms with Crippen LogP contribution < -0.4 is 24.3 Å². The smallest absolute Gasteiger partial charge is 0.493 e. The number of ether oxygens (including phenoxy) is 4. The van der Waals surface area contributed by atoms with Crippen LogP contribution in [-0.2, 0) is 11.3 Å². The Morgan fingerprint density at radius 2 is 1.59 bits per heavy atom. The third kappa shape index (κ3) is 6.63. The van der Waals surface area contributed by atoms with Gasteiger partial charge in [-0.3, -0.25) is 4.79 Å². The first-order chi connectivity index (χ1) is 13.8. The molecule has 0 saturated carbocycles. The molecule has 0 fully saturated rings. The number of amides is 1. The highest BCUT2D eigenvalue weighted by molar-refractivity contribution is 5.91. The van der Waals surface area contributed by atoms with Gasteiger partial charge in [-0.15, -0.1) is 13.2 Å². The highest BCUT2D eigenvalue weighted by atomic mass is 19.4. The average Bonchev–Trinajstić information content (AvgIpc) is 2.69. The zero-order valence-electron chi connectivity index (χ0n) is 16.0. The molecule has 0 spiro atoms. The molecule has 0 bridgehead atoms. The predicted molar refractivity (Wildman–Crippen MR) is 100 cm³/mol. The third-order valence-electron chi connectivity index (χ3n) is 3.74. The van der Waals surface area contributed by atoms with E-state index in [4.69, 9.17) is 14.2 Å². The normalized spacial score (nSPS) is 11.2. The molecule has 0 aliphatic carbocycles. The van der Waals surface area contributed by atoms with Crippen molar-refractivity contribution < 1.29 is 36.9 Å². The van der Waals surface area contributed by atoms with Gasteiger partial charge in [0.2, 0.25) is 11.7 Å². The summed E-state index contributed by atoms with van der Waals surface area (Å²) in [4.78, 5) is 12.0. The Hall–Kier alpha value is -3.36. The number of carbonyl (C=O) groups is 1. The van der Waals surface area contributed by atoms with Crippen molar-refractivity contribution in [3.63, 3.8) is 0 Å². The minimum Gasteiger partial charge on any atom is -0.493 e. The van der Waals surface area contributed by atoms with Gasteiger partial charge in [0.25, 0.3) is 0 Å². The summed E-state index contributed by atoms with van der Waals surface area (Å²) < 4.78 is 56.0. The van der Waals surface area contributed by atoms with Gasteiger partial charge < -0.3 is 24.3 Å². The molecule has 2 rings (SSSR count). The number of alkyl halides is 3. The highest BCUT2D eigenvalue weighted by Gasteiger charge is 2.30. The molecule has 0 aromatic heterocycles. The molecule has 0 saturated heterocycles. The van der Waals surface area contributed by atoms with Crippen LogP contribution in [0.5, 0.6) is 23.0 Å². The quantitative estimate of drug-likeness (QED) is 0.667. The summed E-state index contributed by atoms with van der Waals surface area (Å²) in [6, 6.07) is 8.60. The van der Waals surface area contributed by atoms with Gasteiger partial charge in [0.15, 0.2) is 11.5 Å². The van der Waals surface area contributed by atoms with Crippen molar-refractivity contribution in [3.05, 3.63) is 53.6 Å². The topological polar surface area (TPSA) is 66.0 Å². The van der Waals surface area contributed by atoms with E-state index in [2.05, 4.69) is 10.1 Å². The fourth-order valence-corrected chi connectivity index (χ4v) is 2.43. The zero-order chi connectivity index (χ0) is 21.4. The Balaban J connectivity index is 1.98. The van der Waals surface area contributed by atoms with Crippen LogP contribution in [0.15, 0.2) is 42.5 Å². The van der Waals surface area contributed by atoms with Crippen molar-refractivity contribution in [2.45, 2.75) is 12.9 Å². The van der Waals surface area contributed by atoms with E-state index in [1.54, 1.807) is 18.2 Å². The van der Waals surface area contributed by atoms with Crippen molar-refractivity contribution in [2.24, 2.45) is 0 Å². The SMILES string of the molecule is COc1cc(C=CC(=O)NCc2ccc(OC(F)(F)F)cc2)cc(OC)c1OC. The predicted octanol–water partition coefficient (Wildman–Crippen LogP) is 3.94. The summed E-state index contributed by atoms with van der Waals surface area (Å²) in [5, 5.41) is 2.64. The molecule has 1 amide bonds. The molecule has 2 aromatic carbocycles. The molecule has 9 heteroatoms. The van der Waals surface area contributed by atoms with Crippen LogP contribution in [0.4, 0.5) is 13.2 Å². The Morgan fingerprint density at radius 1 is 1.00 bits per heavy atom. The molecular weight excluding hydrogens is 391 g/mol. The molecule has 0 unspecified atom stereocenters. The van der Waals surface area contributed by atoms with Crippen LogP contribution in [0, 0.1) is 0 Å². The van der Waals surface area contributed by atoms with Crippen molar-refractivity contribution in [1.29, 1.82) is 0 Å². The summed E-state index contributed by atoms with van der Waals surface area (Å²) >= 11 is 0. The first-order valence-corrected chi connectivity index (χ1v) is 8.36. The molecular formula is C20H20F3NO5. The van der Waals surface area contributed by atoms with Crippen molar-refractivity contribution in [1.82, 2.24) is 5.32 Å². The molecule has 0 atom stereocenters. The summed E-state index contributed by atoms with van der Waals surface area (Å²) in [7, 11) is 4.47. The van der Waals surface area contributed by atoms with Gasteiger partial charge in [-0.2, -0.15) is 0 Å². The van der Waals surface area contributed by atoms with Crippen molar-refractivity contribution in [2.75, 3.05) is 21.3 Å². The van der Waals surface area contributed by atoms with Crippen LogP contribution in [0.25, 0.3) is 6.08 Å². The van der Waals surface area contributed by atoms with Gasteiger partial charge in [0, 0.05) is 12.6 Å². The number of benzene rings is 2. The van der Waals surface area contributed by atoms with Gasteiger partial charge in [-0.05, 0) is 41.5 Å². The number of carbonyl (C=O) groups excluding carboxylic acids is 1. The van der Waals surface area contributed by atoms with Crippen LogP contribution in [0.3, 0.4) is 0 Å². The van der Waals surface area contributed by atoms with Crippen molar-refractivity contribution >= 4 is 12.0 Å². The number of halogens is 3. The molecule has 0 aliphatic rings. The maximum Gasteiger partial charge on any atom is 0.573 e. The van der Waals surface area contributed by atoms with Gasteiger partial charge in [-0.1, -0.05) is 12.1 Å². The van der Waals surface area contributed by atoms with Crippen LogP contribution in [0.2, 0.25) is 0 Å².